The van der Waals surface area contributed by atoms with Crippen LogP contribution < -0.4 is 10.1 Å². The lowest BCUT2D eigenvalue weighted by molar-refractivity contribution is -0.131. The highest BCUT2D eigenvalue weighted by atomic mass is 32.1. The van der Waals surface area contributed by atoms with E-state index in [1.54, 1.807) is 12.5 Å². The van der Waals surface area contributed by atoms with E-state index in [-0.39, 0.29) is 24.1 Å². The number of anilines is 1. The van der Waals surface area contributed by atoms with Gasteiger partial charge in [-0.2, -0.15) is 0 Å². The van der Waals surface area contributed by atoms with E-state index in [0.717, 1.165) is 17.7 Å². The average Bonchev–Trinajstić information content (AvgIpc) is 3.19. The van der Waals surface area contributed by atoms with Gasteiger partial charge in [0.25, 0.3) is 5.91 Å². The van der Waals surface area contributed by atoms with Gasteiger partial charge in [-0.05, 0) is 29.7 Å². The number of amides is 3. The van der Waals surface area contributed by atoms with Crippen molar-refractivity contribution in [2.24, 2.45) is 10.9 Å². The third-order valence-corrected chi connectivity index (χ3v) is 5.81. The van der Waals surface area contributed by atoms with Crippen molar-refractivity contribution in [2.45, 2.75) is 19.4 Å². The SMILES string of the molecule is COc1ccc2c(c1)CCN(C(=O)Cc1csc(NC(=O)C3C=CC(=O)N=C3)n1)C2. The molecule has 0 aliphatic carbocycles. The third-order valence-electron chi connectivity index (χ3n) is 5.00. The molecule has 0 saturated heterocycles. The molecule has 1 N–H and O–H groups in total. The number of thiazole rings is 1. The van der Waals surface area contributed by atoms with Crippen LogP contribution in [0.15, 0.2) is 40.7 Å². The molecule has 9 heteroatoms. The van der Waals surface area contributed by atoms with Crippen molar-refractivity contribution >= 4 is 40.4 Å². The number of carbonyl (C=O) groups is 3. The molecule has 1 atom stereocenters. The number of aromatic nitrogens is 1. The fourth-order valence-corrected chi connectivity index (χ4v) is 4.07. The van der Waals surface area contributed by atoms with Gasteiger partial charge >= 0.3 is 0 Å². The van der Waals surface area contributed by atoms with Gasteiger partial charge in [0.05, 0.1) is 25.1 Å². The van der Waals surface area contributed by atoms with Gasteiger partial charge in [-0.1, -0.05) is 12.1 Å². The maximum absolute atomic E-state index is 12.7. The Kier molecular flexibility index (Phi) is 5.71. The second-order valence-electron chi connectivity index (χ2n) is 7.01. The number of hydrogen-bond donors (Lipinski definition) is 1. The van der Waals surface area contributed by atoms with Crippen LogP contribution in [0.2, 0.25) is 0 Å². The zero-order valence-electron chi connectivity index (χ0n) is 16.3. The molecule has 4 rings (SSSR count). The molecule has 0 bridgehead atoms. The van der Waals surface area contributed by atoms with Crippen LogP contribution in [0.1, 0.15) is 16.8 Å². The molecule has 1 unspecified atom stereocenters. The van der Waals surface area contributed by atoms with Crippen LogP contribution in [0.4, 0.5) is 5.13 Å². The molecule has 1 aromatic heterocycles. The van der Waals surface area contributed by atoms with Crippen LogP contribution in [0, 0.1) is 5.92 Å². The van der Waals surface area contributed by atoms with E-state index in [9.17, 15) is 14.4 Å². The van der Waals surface area contributed by atoms with Gasteiger partial charge in [-0.3, -0.25) is 14.4 Å². The van der Waals surface area contributed by atoms with E-state index in [4.69, 9.17) is 4.74 Å². The number of rotatable bonds is 5. The lowest BCUT2D eigenvalue weighted by atomic mass is 9.99. The fraction of sp³-hybridized carbons (Fsp3) is 0.286. The molecule has 2 aliphatic rings. The Hall–Kier alpha value is -3.33. The lowest BCUT2D eigenvalue weighted by Gasteiger charge is -2.29. The quantitative estimate of drug-likeness (QED) is 0.791. The van der Waals surface area contributed by atoms with Crippen molar-refractivity contribution in [3.63, 3.8) is 0 Å². The maximum atomic E-state index is 12.7. The van der Waals surface area contributed by atoms with E-state index in [1.807, 2.05) is 23.1 Å². The summed E-state index contributed by atoms with van der Waals surface area (Å²) < 4.78 is 5.26. The van der Waals surface area contributed by atoms with Gasteiger partial charge in [0.2, 0.25) is 11.8 Å². The summed E-state index contributed by atoms with van der Waals surface area (Å²) in [5, 5.41) is 4.88. The normalized spacial score (nSPS) is 17.6. The number of ether oxygens (including phenoxy) is 1. The molecule has 0 fully saturated rings. The van der Waals surface area contributed by atoms with E-state index in [1.165, 1.54) is 35.3 Å². The van der Waals surface area contributed by atoms with E-state index in [0.29, 0.717) is 23.9 Å². The van der Waals surface area contributed by atoms with Crippen LogP contribution in [0.3, 0.4) is 0 Å². The second kappa shape index (κ2) is 8.58. The molecule has 0 saturated carbocycles. The average molecular weight is 424 g/mol. The molecule has 2 aromatic rings. The first-order chi connectivity index (χ1) is 14.5. The summed E-state index contributed by atoms with van der Waals surface area (Å²) in [5.74, 6) is -0.484. The third kappa shape index (κ3) is 4.46. The molecule has 0 radical (unpaired) electrons. The van der Waals surface area contributed by atoms with Crippen molar-refractivity contribution in [2.75, 3.05) is 19.0 Å². The monoisotopic (exact) mass is 424 g/mol. The van der Waals surface area contributed by atoms with E-state index in [2.05, 4.69) is 15.3 Å². The van der Waals surface area contributed by atoms with Gasteiger partial charge < -0.3 is 15.0 Å². The smallest absolute Gasteiger partial charge is 0.269 e. The predicted molar refractivity (Wildman–Crippen MR) is 113 cm³/mol. The number of carbonyl (C=O) groups excluding carboxylic acids is 3. The first kappa shape index (κ1) is 20.0. The summed E-state index contributed by atoms with van der Waals surface area (Å²) in [5.41, 5.74) is 2.95. The van der Waals surface area contributed by atoms with Crippen molar-refractivity contribution in [1.82, 2.24) is 9.88 Å². The maximum Gasteiger partial charge on any atom is 0.269 e. The highest BCUT2D eigenvalue weighted by Crippen LogP contribution is 2.24. The summed E-state index contributed by atoms with van der Waals surface area (Å²) in [4.78, 5) is 45.8. The molecule has 2 aliphatic heterocycles. The van der Waals surface area contributed by atoms with Gasteiger partial charge in [0.15, 0.2) is 5.13 Å². The fourth-order valence-electron chi connectivity index (χ4n) is 3.36. The number of dihydropyridines is 1. The molecule has 3 heterocycles. The first-order valence-electron chi connectivity index (χ1n) is 9.47. The van der Waals surface area contributed by atoms with Crippen LogP contribution in [-0.2, 0) is 33.8 Å². The minimum absolute atomic E-state index is 0.000467. The molecule has 30 heavy (non-hydrogen) atoms. The van der Waals surface area contributed by atoms with Gasteiger partial charge in [0, 0.05) is 30.8 Å². The molecular formula is C21H20N4O4S. The van der Waals surface area contributed by atoms with Crippen molar-refractivity contribution in [3.05, 3.63) is 52.6 Å². The van der Waals surface area contributed by atoms with Crippen LogP contribution in [0.25, 0.3) is 0 Å². The summed E-state index contributed by atoms with van der Waals surface area (Å²) >= 11 is 1.26. The highest BCUT2D eigenvalue weighted by Gasteiger charge is 2.23. The van der Waals surface area contributed by atoms with Gasteiger partial charge in [0.1, 0.15) is 5.75 Å². The summed E-state index contributed by atoms with van der Waals surface area (Å²) in [6.07, 6.45) is 5.03. The number of methoxy groups -OCH3 is 1. The lowest BCUT2D eigenvalue weighted by Crippen LogP contribution is -2.37. The number of fused-ring (bicyclic) bond motifs is 1. The largest absolute Gasteiger partial charge is 0.497 e. The topological polar surface area (TPSA) is 101 Å². The Balaban J connectivity index is 1.34. The summed E-state index contributed by atoms with van der Waals surface area (Å²) in [6.45, 7) is 1.22. The molecule has 1 aromatic carbocycles. The number of aliphatic imine (C=N–C) groups is 1. The van der Waals surface area contributed by atoms with Crippen molar-refractivity contribution in [3.8, 4) is 5.75 Å². The van der Waals surface area contributed by atoms with E-state index >= 15 is 0 Å². The van der Waals surface area contributed by atoms with Crippen LogP contribution in [0.5, 0.6) is 5.75 Å². The number of nitrogens with zero attached hydrogens (tertiary/aromatic N) is 3. The first-order valence-corrected chi connectivity index (χ1v) is 10.3. The number of hydrogen-bond acceptors (Lipinski definition) is 6. The highest BCUT2D eigenvalue weighted by molar-refractivity contribution is 7.14. The predicted octanol–water partition coefficient (Wildman–Crippen LogP) is 2.00. The molecule has 8 nitrogen and oxygen atoms in total. The molecule has 0 spiro atoms. The molecule has 154 valence electrons. The van der Waals surface area contributed by atoms with Gasteiger partial charge in [-0.15, -0.1) is 11.3 Å². The zero-order valence-corrected chi connectivity index (χ0v) is 17.1. The molecular weight excluding hydrogens is 404 g/mol. The summed E-state index contributed by atoms with van der Waals surface area (Å²) in [6, 6.07) is 5.93. The van der Waals surface area contributed by atoms with Crippen molar-refractivity contribution in [1.29, 1.82) is 0 Å². The Morgan fingerprint density at radius 2 is 2.20 bits per heavy atom. The van der Waals surface area contributed by atoms with Crippen LogP contribution >= 0.6 is 11.3 Å². The van der Waals surface area contributed by atoms with Crippen LogP contribution in [-0.4, -0.2) is 47.5 Å². The van der Waals surface area contributed by atoms with E-state index < -0.39 is 5.92 Å². The number of benzene rings is 1. The van der Waals surface area contributed by atoms with Crippen molar-refractivity contribution < 1.29 is 19.1 Å². The Morgan fingerprint density at radius 1 is 1.33 bits per heavy atom. The minimum Gasteiger partial charge on any atom is -0.497 e. The molecule has 3 amide bonds. The summed E-state index contributed by atoms with van der Waals surface area (Å²) in [7, 11) is 1.64. The second-order valence-corrected chi connectivity index (χ2v) is 7.87. The zero-order chi connectivity index (χ0) is 21.1. The van der Waals surface area contributed by atoms with Gasteiger partial charge in [-0.25, -0.2) is 9.98 Å². The standard InChI is InChI=1S/C21H20N4O4S/c1-29-17-4-2-15-11-25(7-6-13(15)8-17)19(27)9-16-12-30-21(23-16)24-20(28)14-3-5-18(26)22-10-14/h2-5,8,10,12,14H,6-7,9,11H2,1H3,(H,23,24,28). The Labute approximate surface area is 177 Å². The minimum atomic E-state index is -0.608. The Bertz CT molecular complexity index is 1040. The Morgan fingerprint density at radius 3 is 2.97 bits per heavy atom. The number of nitrogens with one attached hydrogen (secondary N) is 1.